The van der Waals surface area contributed by atoms with Gasteiger partial charge in [0.2, 0.25) is 0 Å². The minimum Gasteiger partial charge on any atom is -0.497 e. The van der Waals surface area contributed by atoms with Crippen molar-refractivity contribution in [1.29, 1.82) is 0 Å². The first kappa shape index (κ1) is 28.6. The SMILES string of the molecule is CCOC(=O)C1=C(N)N(c2ccccc2)C2=C(C(=O)[C@H](C(=O)OCC)[C@H](c3cccc(OC)c3)C2)[C@@H]1c1cccnc1. The highest BCUT2D eigenvalue weighted by Gasteiger charge is 2.51. The fourth-order valence-corrected chi connectivity index (χ4v) is 5.88. The molecule has 0 spiro atoms. The van der Waals surface area contributed by atoms with E-state index in [-0.39, 0.29) is 31.0 Å². The van der Waals surface area contributed by atoms with E-state index in [1.54, 1.807) is 56.4 Å². The van der Waals surface area contributed by atoms with Gasteiger partial charge in [-0.2, -0.15) is 0 Å². The average molecular weight is 568 g/mol. The number of rotatable bonds is 8. The quantitative estimate of drug-likeness (QED) is 0.307. The number of para-hydroxylation sites is 1. The maximum absolute atomic E-state index is 14.8. The first-order chi connectivity index (χ1) is 20.4. The number of aromatic nitrogens is 1. The standard InChI is InChI=1S/C33H33N3O6/c1-4-41-32(38)27-24(20-11-9-15-23(17-20)40-3)18-25-28(30(27)37)26(21-12-10-16-35-19-21)29(33(39)42-5-2)31(34)36(25)22-13-7-6-8-14-22/h6-17,19,24,26-27H,4-5,18,34H2,1-3H3/t24-,26-,27+/m0/s1. The van der Waals surface area contributed by atoms with Crippen LogP contribution in [-0.4, -0.2) is 43.0 Å². The number of allylic oxidation sites excluding steroid dienone is 2. The Kier molecular flexibility index (Phi) is 8.38. The summed E-state index contributed by atoms with van der Waals surface area (Å²) in [5.74, 6) is -3.60. The molecule has 216 valence electrons. The first-order valence-electron chi connectivity index (χ1n) is 13.9. The highest BCUT2D eigenvalue weighted by Crippen LogP contribution is 2.51. The third-order valence-electron chi connectivity index (χ3n) is 7.63. The summed E-state index contributed by atoms with van der Waals surface area (Å²) in [5.41, 5.74) is 9.87. The largest absolute Gasteiger partial charge is 0.497 e. The second kappa shape index (κ2) is 12.3. The smallest absolute Gasteiger partial charge is 0.338 e. The van der Waals surface area contributed by atoms with E-state index in [1.165, 1.54) is 0 Å². The van der Waals surface area contributed by atoms with E-state index < -0.39 is 35.5 Å². The van der Waals surface area contributed by atoms with Gasteiger partial charge in [0, 0.05) is 35.3 Å². The number of benzene rings is 2. The van der Waals surface area contributed by atoms with Gasteiger partial charge >= 0.3 is 11.9 Å². The van der Waals surface area contributed by atoms with Crippen molar-refractivity contribution in [1.82, 2.24) is 4.98 Å². The molecule has 9 heteroatoms. The number of hydrogen-bond acceptors (Lipinski definition) is 9. The first-order valence-corrected chi connectivity index (χ1v) is 13.9. The zero-order valence-corrected chi connectivity index (χ0v) is 23.8. The third kappa shape index (κ3) is 5.13. The summed E-state index contributed by atoms with van der Waals surface area (Å²) in [7, 11) is 1.56. The van der Waals surface area contributed by atoms with Gasteiger partial charge in [0.05, 0.1) is 31.8 Å². The number of nitrogens with two attached hydrogens (primary N) is 1. The molecule has 0 saturated heterocycles. The van der Waals surface area contributed by atoms with Crippen LogP contribution in [0.3, 0.4) is 0 Å². The molecule has 0 amide bonds. The molecule has 2 heterocycles. The van der Waals surface area contributed by atoms with Gasteiger partial charge in [-0.15, -0.1) is 0 Å². The van der Waals surface area contributed by atoms with Crippen molar-refractivity contribution in [2.24, 2.45) is 11.7 Å². The summed E-state index contributed by atoms with van der Waals surface area (Å²) in [4.78, 5) is 47.9. The van der Waals surface area contributed by atoms with Crippen molar-refractivity contribution < 1.29 is 28.6 Å². The van der Waals surface area contributed by atoms with Gasteiger partial charge in [0.15, 0.2) is 5.78 Å². The van der Waals surface area contributed by atoms with Crippen molar-refractivity contribution in [3.05, 3.63) is 113 Å². The molecule has 2 aromatic carbocycles. The molecule has 3 aromatic rings. The van der Waals surface area contributed by atoms with Gasteiger partial charge in [0.1, 0.15) is 17.5 Å². The van der Waals surface area contributed by atoms with Crippen LogP contribution in [0.2, 0.25) is 0 Å². The van der Waals surface area contributed by atoms with Crippen LogP contribution in [0, 0.1) is 5.92 Å². The number of Topliss-reactive ketones (excluding diaryl/α,β-unsaturated/α-hetero) is 1. The number of carbonyl (C=O) groups excluding carboxylic acids is 3. The van der Waals surface area contributed by atoms with Gasteiger partial charge in [-0.25, -0.2) is 4.79 Å². The molecule has 0 bridgehead atoms. The predicted octanol–water partition coefficient (Wildman–Crippen LogP) is 4.62. The highest BCUT2D eigenvalue weighted by atomic mass is 16.5. The van der Waals surface area contributed by atoms with E-state index in [0.29, 0.717) is 28.3 Å². The molecule has 2 N–H and O–H groups in total. The molecule has 2 aliphatic rings. The van der Waals surface area contributed by atoms with Crippen LogP contribution in [0.15, 0.2) is 102 Å². The van der Waals surface area contributed by atoms with E-state index in [0.717, 1.165) is 5.56 Å². The maximum atomic E-state index is 14.8. The van der Waals surface area contributed by atoms with Gasteiger partial charge in [-0.3, -0.25) is 19.5 Å². The molecule has 1 aromatic heterocycles. The number of methoxy groups -OCH3 is 1. The van der Waals surface area contributed by atoms with Gasteiger partial charge in [-0.05, 0) is 61.7 Å². The minimum absolute atomic E-state index is 0.114. The number of pyridine rings is 1. The topological polar surface area (TPSA) is 121 Å². The Balaban J connectivity index is 1.80. The molecule has 0 radical (unpaired) electrons. The van der Waals surface area contributed by atoms with Crippen molar-refractivity contribution >= 4 is 23.4 Å². The van der Waals surface area contributed by atoms with E-state index in [4.69, 9.17) is 19.9 Å². The summed E-state index contributed by atoms with van der Waals surface area (Å²) >= 11 is 0. The molecule has 3 atom stereocenters. The molecule has 5 rings (SSSR count). The molecule has 9 nitrogen and oxygen atoms in total. The minimum atomic E-state index is -1.16. The van der Waals surface area contributed by atoms with Crippen LogP contribution in [-0.2, 0) is 23.9 Å². The summed E-state index contributed by atoms with van der Waals surface area (Å²) in [5, 5.41) is 0. The predicted molar refractivity (Wildman–Crippen MR) is 156 cm³/mol. The van der Waals surface area contributed by atoms with Crippen molar-refractivity contribution in [2.45, 2.75) is 32.1 Å². The Hall–Kier alpha value is -4.92. The Labute approximate surface area is 244 Å². The van der Waals surface area contributed by atoms with E-state index >= 15 is 0 Å². The number of ketones is 1. The summed E-state index contributed by atoms with van der Waals surface area (Å²) < 4.78 is 16.4. The number of hydrogen-bond donors (Lipinski definition) is 1. The number of nitrogens with zero attached hydrogens (tertiary/aromatic N) is 2. The van der Waals surface area contributed by atoms with Crippen LogP contribution in [0.4, 0.5) is 5.69 Å². The lowest BCUT2D eigenvalue weighted by atomic mass is 9.67. The monoisotopic (exact) mass is 567 g/mol. The molecule has 1 aliphatic heterocycles. The number of esters is 2. The maximum Gasteiger partial charge on any atom is 0.338 e. The van der Waals surface area contributed by atoms with Crippen LogP contribution in [0.5, 0.6) is 5.75 Å². The normalized spacial score (nSPS) is 20.2. The molecular formula is C33H33N3O6. The van der Waals surface area contributed by atoms with Crippen LogP contribution < -0.4 is 15.4 Å². The Morgan fingerprint density at radius 3 is 2.38 bits per heavy atom. The lowest BCUT2D eigenvalue weighted by Crippen LogP contribution is -2.46. The van der Waals surface area contributed by atoms with Gasteiger partial charge < -0.3 is 19.9 Å². The Morgan fingerprint density at radius 1 is 0.976 bits per heavy atom. The van der Waals surface area contributed by atoms with Crippen LogP contribution >= 0.6 is 0 Å². The lowest BCUT2D eigenvalue weighted by molar-refractivity contribution is -0.152. The number of carbonyl (C=O) groups is 3. The third-order valence-corrected chi connectivity index (χ3v) is 7.63. The highest BCUT2D eigenvalue weighted by molar-refractivity contribution is 6.14. The van der Waals surface area contributed by atoms with E-state index in [2.05, 4.69) is 4.98 Å². The lowest BCUT2D eigenvalue weighted by Gasteiger charge is -2.44. The molecule has 42 heavy (non-hydrogen) atoms. The average Bonchev–Trinajstić information content (AvgIpc) is 3.01. The Bertz CT molecular complexity index is 1550. The second-order valence-corrected chi connectivity index (χ2v) is 9.95. The Morgan fingerprint density at radius 2 is 1.71 bits per heavy atom. The molecule has 0 unspecified atom stereocenters. The molecular weight excluding hydrogens is 534 g/mol. The summed E-state index contributed by atoms with van der Waals surface area (Å²) in [6, 6.07) is 20.1. The van der Waals surface area contributed by atoms with Gasteiger partial charge in [0.25, 0.3) is 0 Å². The van der Waals surface area contributed by atoms with Gasteiger partial charge in [-0.1, -0.05) is 36.4 Å². The second-order valence-electron chi connectivity index (χ2n) is 9.95. The fourth-order valence-electron chi connectivity index (χ4n) is 5.88. The van der Waals surface area contributed by atoms with Crippen LogP contribution in [0.1, 0.15) is 43.2 Å². The van der Waals surface area contributed by atoms with Crippen molar-refractivity contribution in [3.8, 4) is 5.75 Å². The zero-order valence-electron chi connectivity index (χ0n) is 23.8. The summed E-state index contributed by atoms with van der Waals surface area (Å²) in [6.45, 7) is 3.64. The molecule has 0 saturated carbocycles. The molecule has 0 fully saturated rings. The molecule has 1 aliphatic carbocycles. The number of ether oxygens (including phenoxy) is 3. The van der Waals surface area contributed by atoms with E-state index in [1.807, 2.05) is 48.5 Å². The fraction of sp³-hybridized carbons (Fsp3) is 0.273. The zero-order chi connectivity index (χ0) is 29.8. The van der Waals surface area contributed by atoms with Crippen molar-refractivity contribution in [3.63, 3.8) is 0 Å². The van der Waals surface area contributed by atoms with Crippen LogP contribution in [0.25, 0.3) is 0 Å². The van der Waals surface area contributed by atoms with E-state index in [9.17, 15) is 14.4 Å². The number of anilines is 1. The summed E-state index contributed by atoms with van der Waals surface area (Å²) in [6.07, 6.45) is 3.47. The van der Waals surface area contributed by atoms with Crippen molar-refractivity contribution in [2.75, 3.05) is 25.2 Å².